The zero-order valence-corrected chi connectivity index (χ0v) is 8.06. The highest BCUT2D eigenvalue weighted by atomic mass is 16.6. The lowest BCUT2D eigenvalue weighted by Crippen LogP contribution is -2.17. The largest absolute Gasteiger partial charge is 0.387 e. The number of carbonyl (C=O) groups is 1. The molecular weight excluding hydrogens is 200 g/mol. The molecule has 1 aromatic carbocycles. The smallest absolute Gasteiger partial charge is 0.293 e. The molecule has 0 aliphatic rings. The van der Waals surface area contributed by atoms with Gasteiger partial charge in [-0.15, -0.1) is 0 Å². The number of anilines is 1. The molecule has 0 saturated carbocycles. The number of aliphatic hydroxyl groups excluding tert-OH is 1. The van der Waals surface area contributed by atoms with E-state index in [1.54, 1.807) is 13.0 Å². The number of nitro benzene ring substituents is 1. The molecule has 6 heteroatoms. The molecule has 15 heavy (non-hydrogen) atoms. The van der Waals surface area contributed by atoms with E-state index in [0.717, 1.165) is 0 Å². The van der Waals surface area contributed by atoms with Gasteiger partial charge in [0.2, 0.25) is 5.91 Å². The lowest BCUT2D eigenvalue weighted by atomic mass is 10.1. The molecule has 0 aliphatic carbocycles. The van der Waals surface area contributed by atoms with Crippen molar-refractivity contribution in [2.45, 2.75) is 6.92 Å². The summed E-state index contributed by atoms with van der Waals surface area (Å²) in [6.07, 6.45) is 0. The first-order chi connectivity index (χ1) is 7.06. The number of rotatable bonds is 3. The highest BCUT2D eigenvalue weighted by Gasteiger charge is 2.16. The Morgan fingerprint density at radius 3 is 2.80 bits per heavy atom. The van der Waals surface area contributed by atoms with Gasteiger partial charge in [-0.05, 0) is 12.5 Å². The van der Waals surface area contributed by atoms with Crippen LogP contribution in [0.3, 0.4) is 0 Å². The molecule has 0 aromatic heterocycles. The molecule has 6 nitrogen and oxygen atoms in total. The molecular formula is C9H10N2O4. The van der Waals surface area contributed by atoms with Gasteiger partial charge in [0.15, 0.2) is 0 Å². The number of amides is 1. The predicted molar refractivity (Wildman–Crippen MR) is 53.5 cm³/mol. The fourth-order valence-electron chi connectivity index (χ4n) is 1.15. The van der Waals surface area contributed by atoms with Crippen LogP contribution in [0.4, 0.5) is 11.4 Å². The van der Waals surface area contributed by atoms with E-state index in [-0.39, 0.29) is 11.4 Å². The number of hydrogen-bond donors (Lipinski definition) is 2. The fourth-order valence-corrected chi connectivity index (χ4v) is 1.15. The molecule has 80 valence electrons. The maximum absolute atomic E-state index is 10.9. The quantitative estimate of drug-likeness (QED) is 0.571. The molecule has 0 radical (unpaired) electrons. The SMILES string of the molecule is Cc1cccc([N+](=O)[O-])c1NC(=O)CO. The summed E-state index contributed by atoms with van der Waals surface area (Å²) in [6, 6.07) is 4.46. The first-order valence-corrected chi connectivity index (χ1v) is 4.21. The Bertz CT molecular complexity index is 403. The van der Waals surface area contributed by atoms with Crippen molar-refractivity contribution in [3.8, 4) is 0 Å². The summed E-state index contributed by atoms with van der Waals surface area (Å²) in [5.74, 6) is -0.674. The van der Waals surface area contributed by atoms with Gasteiger partial charge in [-0.3, -0.25) is 14.9 Å². The molecule has 1 amide bonds. The van der Waals surface area contributed by atoms with Crippen LogP contribution in [0.25, 0.3) is 0 Å². The van der Waals surface area contributed by atoms with Crippen LogP contribution in [0, 0.1) is 17.0 Å². The van der Waals surface area contributed by atoms with Crippen molar-refractivity contribution in [3.63, 3.8) is 0 Å². The van der Waals surface area contributed by atoms with Gasteiger partial charge in [0.25, 0.3) is 5.69 Å². The average Bonchev–Trinajstić information content (AvgIpc) is 2.20. The molecule has 1 rings (SSSR count). The van der Waals surface area contributed by atoms with Gasteiger partial charge < -0.3 is 10.4 Å². The minimum Gasteiger partial charge on any atom is -0.387 e. The number of para-hydroxylation sites is 1. The highest BCUT2D eigenvalue weighted by molar-refractivity contribution is 5.94. The Labute approximate surface area is 85.7 Å². The molecule has 0 unspecified atom stereocenters. The standard InChI is InChI=1S/C9H10N2O4/c1-6-3-2-4-7(11(14)15)9(6)10-8(13)5-12/h2-4,12H,5H2,1H3,(H,10,13). The summed E-state index contributed by atoms with van der Waals surface area (Å²) >= 11 is 0. The molecule has 0 spiro atoms. The second-order valence-corrected chi connectivity index (χ2v) is 2.93. The van der Waals surface area contributed by atoms with Crippen LogP contribution in [0.15, 0.2) is 18.2 Å². The van der Waals surface area contributed by atoms with Gasteiger partial charge in [0.1, 0.15) is 12.3 Å². The van der Waals surface area contributed by atoms with Crippen LogP contribution in [0.5, 0.6) is 0 Å². The number of benzene rings is 1. The first kappa shape index (κ1) is 11.1. The Morgan fingerprint density at radius 2 is 2.27 bits per heavy atom. The van der Waals surface area contributed by atoms with Crippen molar-refractivity contribution in [2.24, 2.45) is 0 Å². The van der Waals surface area contributed by atoms with Crippen LogP contribution < -0.4 is 5.32 Å². The molecule has 0 fully saturated rings. The first-order valence-electron chi connectivity index (χ1n) is 4.21. The summed E-state index contributed by atoms with van der Waals surface area (Å²) < 4.78 is 0. The number of nitrogens with one attached hydrogen (secondary N) is 1. The van der Waals surface area contributed by atoms with Crippen molar-refractivity contribution in [3.05, 3.63) is 33.9 Å². The zero-order valence-electron chi connectivity index (χ0n) is 8.06. The van der Waals surface area contributed by atoms with Gasteiger partial charge >= 0.3 is 0 Å². The lowest BCUT2D eigenvalue weighted by molar-refractivity contribution is -0.384. The van der Waals surface area contributed by atoms with Crippen molar-refractivity contribution in [1.82, 2.24) is 0 Å². The molecule has 0 heterocycles. The number of hydrogen-bond acceptors (Lipinski definition) is 4. The van der Waals surface area contributed by atoms with E-state index in [0.29, 0.717) is 5.56 Å². The molecule has 0 bridgehead atoms. The third-order valence-electron chi connectivity index (χ3n) is 1.86. The predicted octanol–water partition coefficient (Wildman–Crippen LogP) is 0.834. The van der Waals surface area contributed by atoms with Gasteiger partial charge in [0.05, 0.1) is 4.92 Å². The number of carbonyl (C=O) groups excluding carboxylic acids is 1. The van der Waals surface area contributed by atoms with Crippen molar-refractivity contribution in [2.75, 3.05) is 11.9 Å². The fraction of sp³-hybridized carbons (Fsp3) is 0.222. The molecule has 0 atom stereocenters. The third-order valence-corrected chi connectivity index (χ3v) is 1.86. The summed E-state index contributed by atoms with van der Waals surface area (Å²) in [5, 5.41) is 21.4. The Kier molecular flexibility index (Phi) is 3.35. The number of nitro groups is 1. The van der Waals surface area contributed by atoms with Gasteiger partial charge in [0, 0.05) is 6.07 Å². The summed E-state index contributed by atoms with van der Waals surface area (Å²) in [5.41, 5.74) is 0.518. The third kappa shape index (κ3) is 2.50. The summed E-state index contributed by atoms with van der Waals surface area (Å²) in [6.45, 7) is 0.936. The van der Waals surface area contributed by atoms with E-state index in [9.17, 15) is 14.9 Å². The van der Waals surface area contributed by atoms with Crippen LogP contribution in [0.1, 0.15) is 5.56 Å². The number of aliphatic hydroxyl groups is 1. The summed E-state index contributed by atoms with van der Waals surface area (Å²) in [7, 11) is 0. The maximum atomic E-state index is 10.9. The van der Waals surface area contributed by atoms with Crippen molar-refractivity contribution >= 4 is 17.3 Å². The topological polar surface area (TPSA) is 92.5 Å². The van der Waals surface area contributed by atoms with E-state index in [2.05, 4.69) is 5.32 Å². The van der Waals surface area contributed by atoms with Crippen LogP contribution in [-0.4, -0.2) is 22.5 Å². The van der Waals surface area contributed by atoms with E-state index in [1.165, 1.54) is 12.1 Å². The second-order valence-electron chi connectivity index (χ2n) is 2.93. The highest BCUT2D eigenvalue weighted by Crippen LogP contribution is 2.27. The number of aryl methyl sites for hydroxylation is 1. The molecule has 1 aromatic rings. The minimum absolute atomic E-state index is 0.126. The Hall–Kier alpha value is -1.95. The Balaban J connectivity index is 3.13. The van der Waals surface area contributed by atoms with E-state index >= 15 is 0 Å². The number of nitrogens with zero attached hydrogens (tertiary/aromatic N) is 1. The second kappa shape index (κ2) is 4.52. The molecule has 0 aliphatic heterocycles. The van der Waals surface area contributed by atoms with Crippen LogP contribution >= 0.6 is 0 Å². The van der Waals surface area contributed by atoms with Gasteiger partial charge in [-0.25, -0.2) is 0 Å². The Morgan fingerprint density at radius 1 is 1.60 bits per heavy atom. The van der Waals surface area contributed by atoms with Crippen molar-refractivity contribution < 1.29 is 14.8 Å². The normalized spacial score (nSPS) is 9.73. The summed E-state index contributed by atoms with van der Waals surface area (Å²) in [4.78, 5) is 21.0. The van der Waals surface area contributed by atoms with Crippen LogP contribution in [0.2, 0.25) is 0 Å². The molecule has 0 saturated heterocycles. The van der Waals surface area contributed by atoms with E-state index < -0.39 is 17.4 Å². The minimum atomic E-state index is -0.703. The zero-order chi connectivity index (χ0) is 11.4. The van der Waals surface area contributed by atoms with Gasteiger partial charge in [-0.2, -0.15) is 0 Å². The average molecular weight is 210 g/mol. The maximum Gasteiger partial charge on any atom is 0.293 e. The van der Waals surface area contributed by atoms with Crippen molar-refractivity contribution in [1.29, 1.82) is 0 Å². The molecule has 2 N–H and O–H groups in total. The lowest BCUT2D eigenvalue weighted by Gasteiger charge is -2.06. The van der Waals surface area contributed by atoms with E-state index in [4.69, 9.17) is 5.11 Å². The van der Waals surface area contributed by atoms with Gasteiger partial charge in [-0.1, -0.05) is 12.1 Å². The monoisotopic (exact) mass is 210 g/mol. The van der Waals surface area contributed by atoms with Crippen LogP contribution in [-0.2, 0) is 4.79 Å². The van der Waals surface area contributed by atoms with E-state index in [1.807, 2.05) is 0 Å².